The van der Waals surface area contributed by atoms with Crippen LogP contribution in [0.2, 0.25) is 0 Å². The fraction of sp³-hybridized carbons (Fsp3) is 0.294. The van der Waals surface area contributed by atoms with Crippen molar-refractivity contribution in [1.82, 2.24) is 0 Å². The molecule has 130 valence electrons. The van der Waals surface area contributed by atoms with Crippen molar-refractivity contribution in [2.75, 3.05) is 14.2 Å². The van der Waals surface area contributed by atoms with Gasteiger partial charge in [-0.3, -0.25) is 4.57 Å². The van der Waals surface area contributed by atoms with Crippen LogP contribution in [0.4, 0.5) is 0 Å². The van der Waals surface area contributed by atoms with E-state index in [1.54, 1.807) is 48.5 Å². The molecule has 24 heavy (non-hydrogen) atoms. The highest BCUT2D eigenvalue weighted by molar-refractivity contribution is 7.55. The minimum Gasteiger partial charge on any atom is -0.386 e. The lowest BCUT2D eigenvalue weighted by Crippen LogP contribution is -2.44. The Hall–Kier alpha value is -1.53. The van der Waals surface area contributed by atoms with Gasteiger partial charge in [-0.2, -0.15) is 0 Å². The molecule has 3 atom stereocenters. The van der Waals surface area contributed by atoms with Crippen LogP contribution in [-0.2, 0) is 19.0 Å². The molecule has 0 aliphatic heterocycles. The smallest absolute Gasteiger partial charge is 0.368 e. The molecule has 0 aromatic heterocycles. The van der Waals surface area contributed by atoms with Gasteiger partial charge in [0.05, 0.1) is 0 Å². The molecule has 0 fully saturated rings. The Labute approximate surface area is 140 Å². The van der Waals surface area contributed by atoms with Gasteiger partial charge >= 0.3 is 7.60 Å². The molecule has 0 heterocycles. The van der Waals surface area contributed by atoms with Crippen LogP contribution in [0.1, 0.15) is 17.2 Å². The van der Waals surface area contributed by atoms with Crippen molar-refractivity contribution in [2.45, 2.75) is 17.6 Å². The highest BCUT2D eigenvalue weighted by atomic mass is 31.2. The van der Waals surface area contributed by atoms with E-state index in [4.69, 9.17) is 9.05 Å². The molecule has 3 N–H and O–H groups in total. The zero-order valence-electron chi connectivity index (χ0n) is 13.4. The summed E-state index contributed by atoms with van der Waals surface area (Å²) in [5, 5.41) is 29.9. The summed E-state index contributed by atoms with van der Waals surface area (Å²) in [5.74, 6) is 0. The van der Waals surface area contributed by atoms with Crippen LogP contribution in [-0.4, -0.2) is 35.6 Å². The first-order valence-corrected chi connectivity index (χ1v) is 8.85. The summed E-state index contributed by atoms with van der Waals surface area (Å²) in [7, 11) is -1.99. The highest BCUT2D eigenvalue weighted by Gasteiger charge is 2.57. The standard InChI is InChI=1S/C17H21O6P/c1-22-24(21,23-2)17(20,14-11-7-4-8-12-14)16(19)15(18)13-9-5-3-6-10-13/h3-12,15-16,18-20H,1-2H3/t15-,16-,17-/m0/s1. The second kappa shape index (κ2) is 7.57. The van der Waals surface area contributed by atoms with Crippen LogP contribution < -0.4 is 0 Å². The monoisotopic (exact) mass is 352 g/mol. The molecule has 0 aliphatic rings. The maximum atomic E-state index is 13.0. The summed E-state index contributed by atoms with van der Waals surface area (Å²) < 4.78 is 22.8. The minimum absolute atomic E-state index is 0.111. The lowest BCUT2D eigenvalue weighted by Gasteiger charge is -2.39. The zero-order chi connectivity index (χ0) is 17.8. The van der Waals surface area contributed by atoms with E-state index in [-0.39, 0.29) is 5.56 Å². The minimum atomic E-state index is -4.21. The largest absolute Gasteiger partial charge is 0.386 e. The van der Waals surface area contributed by atoms with Gasteiger partial charge in [-0.1, -0.05) is 60.7 Å². The first-order valence-electron chi connectivity index (χ1n) is 7.31. The van der Waals surface area contributed by atoms with Gasteiger partial charge in [0, 0.05) is 14.2 Å². The molecule has 0 bridgehead atoms. The van der Waals surface area contributed by atoms with Gasteiger partial charge in [0.25, 0.3) is 0 Å². The molecule has 0 aliphatic carbocycles. The number of aliphatic hydroxyl groups excluding tert-OH is 2. The zero-order valence-corrected chi connectivity index (χ0v) is 14.3. The third-order valence-electron chi connectivity index (χ3n) is 3.95. The van der Waals surface area contributed by atoms with E-state index in [0.29, 0.717) is 5.56 Å². The molecule has 0 spiro atoms. The van der Waals surface area contributed by atoms with E-state index in [9.17, 15) is 19.9 Å². The second-order valence-corrected chi connectivity index (χ2v) is 7.66. The van der Waals surface area contributed by atoms with E-state index in [0.717, 1.165) is 14.2 Å². The molecule has 0 saturated carbocycles. The average Bonchev–Trinajstić information content (AvgIpc) is 2.66. The van der Waals surface area contributed by atoms with Gasteiger partial charge in [0.1, 0.15) is 12.2 Å². The molecular formula is C17H21O6P. The topological polar surface area (TPSA) is 96.2 Å². The highest BCUT2D eigenvalue weighted by Crippen LogP contribution is 2.65. The second-order valence-electron chi connectivity index (χ2n) is 5.26. The number of hydrogen-bond acceptors (Lipinski definition) is 6. The van der Waals surface area contributed by atoms with Crippen molar-refractivity contribution in [1.29, 1.82) is 0 Å². The predicted octanol–water partition coefficient (Wildman–Crippen LogP) is 2.41. The van der Waals surface area contributed by atoms with Crippen molar-refractivity contribution >= 4 is 7.60 Å². The Balaban J connectivity index is 2.56. The van der Waals surface area contributed by atoms with Crippen LogP contribution in [0.3, 0.4) is 0 Å². The van der Waals surface area contributed by atoms with E-state index >= 15 is 0 Å². The summed E-state index contributed by atoms with van der Waals surface area (Å²) in [6.45, 7) is 0. The van der Waals surface area contributed by atoms with Crippen molar-refractivity contribution in [3.63, 3.8) is 0 Å². The Kier molecular flexibility index (Phi) is 5.93. The summed E-state index contributed by atoms with van der Waals surface area (Å²) in [5.41, 5.74) is 0.470. The number of benzene rings is 2. The summed E-state index contributed by atoms with van der Waals surface area (Å²) in [6, 6.07) is 16.2. The van der Waals surface area contributed by atoms with Crippen molar-refractivity contribution < 1.29 is 28.9 Å². The first-order chi connectivity index (χ1) is 11.4. The lowest BCUT2D eigenvalue weighted by molar-refractivity contribution is -0.0991. The van der Waals surface area contributed by atoms with Crippen molar-refractivity contribution in [3.8, 4) is 0 Å². The lowest BCUT2D eigenvalue weighted by atomic mass is 9.95. The molecular weight excluding hydrogens is 331 g/mol. The summed E-state index contributed by atoms with van der Waals surface area (Å²) in [4.78, 5) is 0. The van der Waals surface area contributed by atoms with Crippen LogP contribution in [0, 0.1) is 0 Å². The maximum absolute atomic E-state index is 13.0. The van der Waals surface area contributed by atoms with Gasteiger partial charge in [-0.15, -0.1) is 0 Å². The third-order valence-corrected chi connectivity index (χ3v) is 6.27. The molecule has 2 aromatic rings. The van der Waals surface area contributed by atoms with Gasteiger partial charge in [0.2, 0.25) is 5.34 Å². The van der Waals surface area contributed by atoms with Gasteiger partial charge in [0.15, 0.2) is 0 Å². The third kappa shape index (κ3) is 3.17. The van der Waals surface area contributed by atoms with Crippen LogP contribution >= 0.6 is 7.60 Å². The van der Waals surface area contributed by atoms with Gasteiger partial charge in [-0.05, 0) is 11.1 Å². The first kappa shape index (κ1) is 18.8. The number of aliphatic hydroxyl groups is 3. The van der Waals surface area contributed by atoms with Crippen LogP contribution in [0.5, 0.6) is 0 Å². The number of hydrogen-bond donors (Lipinski definition) is 3. The quantitative estimate of drug-likeness (QED) is 0.662. The normalized spacial score (nSPS) is 17.0. The van der Waals surface area contributed by atoms with E-state index in [1.165, 1.54) is 12.1 Å². The molecule has 0 saturated heterocycles. The molecule has 2 aromatic carbocycles. The molecule has 0 amide bonds. The molecule has 7 heteroatoms. The Morgan fingerprint density at radius 1 is 0.917 bits per heavy atom. The maximum Gasteiger partial charge on any atom is 0.368 e. The fourth-order valence-electron chi connectivity index (χ4n) is 2.58. The molecule has 2 rings (SSSR count). The van der Waals surface area contributed by atoms with Crippen molar-refractivity contribution in [2.24, 2.45) is 0 Å². The van der Waals surface area contributed by atoms with Crippen molar-refractivity contribution in [3.05, 3.63) is 71.8 Å². The predicted molar refractivity (Wildman–Crippen MR) is 89.4 cm³/mol. The van der Waals surface area contributed by atoms with E-state index in [2.05, 4.69) is 0 Å². The van der Waals surface area contributed by atoms with Gasteiger partial charge in [-0.25, -0.2) is 0 Å². The Morgan fingerprint density at radius 2 is 1.38 bits per heavy atom. The molecule has 0 radical (unpaired) electrons. The summed E-state index contributed by atoms with van der Waals surface area (Å²) >= 11 is 0. The fourth-order valence-corrected chi connectivity index (χ4v) is 4.22. The Morgan fingerprint density at radius 3 is 1.83 bits per heavy atom. The summed E-state index contributed by atoms with van der Waals surface area (Å²) in [6.07, 6.45) is -3.36. The SMILES string of the molecule is COP(=O)(OC)[C@@](O)(c1ccccc1)[C@@H](O)[C@@H](O)c1ccccc1. The van der Waals surface area contributed by atoms with E-state index < -0.39 is 25.1 Å². The van der Waals surface area contributed by atoms with E-state index in [1.807, 2.05) is 0 Å². The van der Waals surface area contributed by atoms with Crippen LogP contribution in [0.25, 0.3) is 0 Å². The number of rotatable bonds is 7. The van der Waals surface area contributed by atoms with Crippen LogP contribution in [0.15, 0.2) is 60.7 Å². The van der Waals surface area contributed by atoms with Gasteiger partial charge < -0.3 is 24.4 Å². The Bertz CT molecular complexity index is 685. The average molecular weight is 352 g/mol. The molecule has 6 nitrogen and oxygen atoms in total. The molecule has 0 unspecified atom stereocenters.